The molecule has 0 saturated heterocycles. The second-order valence-electron chi connectivity index (χ2n) is 9.40. The van der Waals surface area contributed by atoms with E-state index in [4.69, 9.17) is 16.3 Å². The molecule has 5 rings (SSSR count). The Kier molecular flexibility index (Phi) is 6.28. The summed E-state index contributed by atoms with van der Waals surface area (Å²) in [5.74, 6) is -0.817. The summed E-state index contributed by atoms with van der Waals surface area (Å²) in [6, 6.07) is 14.4. The smallest absolute Gasteiger partial charge is 0.274 e. The summed E-state index contributed by atoms with van der Waals surface area (Å²) < 4.78 is 21.3. The molecule has 2 aliphatic rings. The number of hydrogen-bond acceptors (Lipinski definition) is 3. The molecule has 0 aliphatic heterocycles. The van der Waals surface area contributed by atoms with Crippen LogP contribution in [0.3, 0.4) is 0 Å². The van der Waals surface area contributed by atoms with Gasteiger partial charge in [0.25, 0.3) is 5.91 Å². The molecule has 0 radical (unpaired) electrons. The van der Waals surface area contributed by atoms with E-state index in [0.717, 1.165) is 37.7 Å². The van der Waals surface area contributed by atoms with Gasteiger partial charge in [-0.3, -0.25) is 4.79 Å². The first kappa shape index (κ1) is 22.8. The van der Waals surface area contributed by atoms with E-state index in [2.05, 4.69) is 28.5 Å². The van der Waals surface area contributed by atoms with Gasteiger partial charge in [0.15, 0.2) is 0 Å². The van der Waals surface area contributed by atoms with Crippen molar-refractivity contribution in [1.29, 1.82) is 0 Å². The molecule has 1 amide bonds. The number of nitrogens with zero attached hydrogens (tertiary/aromatic N) is 2. The number of anilines is 1. The van der Waals surface area contributed by atoms with E-state index in [0.29, 0.717) is 35.2 Å². The molecule has 0 unspecified atom stereocenters. The quantitative estimate of drug-likeness (QED) is 0.445. The Labute approximate surface area is 203 Å². The second-order valence-corrected chi connectivity index (χ2v) is 9.80. The summed E-state index contributed by atoms with van der Waals surface area (Å²) in [7, 11) is 1.80. The molecule has 7 heteroatoms. The van der Waals surface area contributed by atoms with Crippen LogP contribution in [-0.4, -0.2) is 21.6 Å². The highest BCUT2D eigenvalue weighted by molar-refractivity contribution is 6.31. The van der Waals surface area contributed by atoms with Crippen molar-refractivity contribution in [2.75, 3.05) is 5.32 Å². The first-order chi connectivity index (χ1) is 16.4. The van der Waals surface area contributed by atoms with Gasteiger partial charge in [-0.2, -0.15) is 0 Å². The topological polar surface area (TPSA) is 56.2 Å². The van der Waals surface area contributed by atoms with Crippen LogP contribution in [0.15, 0.2) is 60.9 Å². The number of aryl methyl sites for hydroxylation is 1. The monoisotopic (exact) mass is 479 g/mol. The summed E-state index contributed by atoms with van der Waals surface area (Å²) in [5, 5.41) is 2.78. The molecular weight excluding hydrogens is 453 g/mol. The number of allylic oxidation sites excluding steroid dienone is 2. The maximum atomic E-state index is 13.4. The zero-order valence-electron chi connectivity index (χ0n) is 19.1. The predicted octanol–water partition coefficient (Wildman–Crippen LogP) is 6.40. The first-order valence-corrected chi connectivity index (χ1v) is 11.9. The molecule has 2 aromatic carbocycles. The van der Waals surface area contributed by atoms with E-state index >= 15 is 0 Å². The van der Waals surface area contributed by atoms with Crippen molar-refractivity contribution in [3.63, 3.8) is 0 Å². The average Bonchev–Trinajstić information content (AvgIpc) is 3.21. The molecule has 1 saturated carbocycles. The highest BCUT2D eigenvalue weighted by Gasteiger charge is 2.45. The maximum Gasteiger partial charge on any atom is 0.274 e. The molecule has 5 nitrogen and oxygen atoms in total. The van der Waals surface area contributed by atoms with Gasteiger partial charge in [0.2, 0.25) is 0 Å². The highest BCUT2D eigenvalue weighted by atomic mass is 35.5. The molecule has 1 aromatic heterocycles. The van der Waals surface area contributed by atoms with Crippen molar-refractivity contribution in [2.45, 2.75) is 44.8 Å². The SMILES string of the molecule is Cn1cnc(C2=CCC3(CC2)CC(OCc2ccccc2)C3)c1C(=O)Nc1ccc(F)c(Cl)c1. The standard InChI is InChI=1S/C27H27ClFN3O2/c1-32-17-30-24(25(32)26(33)31-20-7-8-23(29)22(28)13-20)19-9-11-27(12-10-19)14-21(15-27)34-16-18-5-3-2-4-6-18/h2-9,13,17,21H,10-12,14-16H2,1H3,(H,31,33). The number of hydrogen-bond donors (Lipinski definition) is 1. The van der Waals surface area contributed by atoms with Gasteiger partial charge in [-0.15, -0.1) is 0 Å². The molecule has 1 spiro atoms. The van der Waals surface area contributed by atoms with Crippen LogP contribution in [0.5, 0.6) is 0 Å². The van der Waals surface area contributed by atoms with Gasteiger partial charge in [0.1, 0.15) is 11.5 Å². The third-order valence-electron chi connectivity index (χ3n) is 6.99. The number of nitrogens with one attached hydrogen (secondary N) is 1. The number of rotatable bonds is 6. The Bertz CT molecular complexity index is 1230. The number of amides is 1. The Hall–Kier alpha value is -2.96. The van der Waals surface area contributed by atoms with Crippen LogP contribution in [0.25, 0.3) is 5.57 Å². The number of imidazole rings is 1. The average molecular weight is 480 g/mol. The predicted molar refractivity (Wildman–Crippen MR) is 131 cm³/mol. The first-order valence-electron chi connectivity index (χ1n) is 11.6. The summed E-state index contributed by atoms with van der Waals surface area (Å²) in [6.45, 7) is 0.661. The van der Waals surface area contributed by atoms with E-state index in [-0.39, 0.29) is 10.9 Å². The largest absolute Gasteiger partial charge is 0.374 e. The van der Waals surface area contributed by atoms with E-state index in [1.54, 1.807) is 17.9 Å². The van der Waals surface area contributed by atoms with E-state index in [1.165, 1.54) is 23.8 Å². The van der Waals surface area contributed by atoms with Crippen LogP contribution in [0.2, 0.25) is 5.02 Å². The summed E-state index contributed by atoms with van der Waals surface area (Å²) in [5.41, 5.74) is 4.24. The van der Waals surface area contributed by atoms with Crippen molar-refractivity contribution in [2.24, 2.45) is 12.5 Å². The minimum atomic E-state index is -0.522. The fraction of sp³-hybridized carbons (Fsp3) is 0.333. The summed E-state index contributed by atoms with van der Waals surface area (Å²) in [4.78, 5) is 17.6. The lowest BCUT2D eigenvalue weighted by Gasteiger charge is -2.49. The maximum absolute atomic E-state index is 13.4. The second kappa shape index (κ2) is 9.35. The van der Waals surface area contributed by atoms with Crippen molar-refractivity contribution in [3.05, 3.63) is 88.7 Å². The van der Waals surface area contributed by atoms with Crippen molar-refractivity contribution < 1.29 is 13.9 Å². The molecule has 0 bridgehead atoms. The van der Waals surface area contributed by atoms with Crippen LogP contribution in [-0.2, 0) is 18.4 Å². The minimum Gasteiger partial charge on any atom is -0.374 e. The van der Waals surface area contributed by atoms with Crippen molar-refractivity contribution in [1.82, 2.24) is 9.55 Å². The van der Waals surface area contributed by atoms with E-state index < -0.39 is 5.82 Å². The lowest BCUT2D eigenvalue weighted by Crippen LogP contribution is -2.43. The molecule has 0 atom stereocenters. The van der Waals surface area contributed by atoms with Crippen molar-refractivity contribution >= 4 is 28.8 Å². The van der Waals surface area contributed by atoms with Crippen LogP contribution in [0, 0.1) is 11.2 Å². The third-order valence-corrected chi connectivity index (χ3v) is 7.28. The number of carbonyl (C=O) groups excluding carboxylic acids is 1. The van der Waals surface area contributed by atoms with Crippen LogP contribution >= 0.6 is 11.6 Å². The van der Waals surface area contributed by atoms with Gasteiger partial charge in [0, 0.05) is 12.7 Å². The Morgan fingerprint density at radius 1 is 1.26 bits per heavy atom. The fourth-order valence-corrected chi connectivity index (χ4v) is 5.22. The Balaban J connectivity index is 1.22. The number of halogens is 2. The summed E-state index contributed by atoms with van der Waals surface area (Å²) >= 11 is 5.85. The number of aromatic nitrogens is 2. The minimum absolute atomic E-state index is 0.0325. The number of ether oxygens (including phenoxy) is 1. The lowest BCUT2D eigenvalue weighted by molar-refractivity contribution is -0.0916. The van der Waals surface area contributed by atoms with Crippen LogP contribution < -0.4 is 5.32 Å². The van der Waals surface area contributed by atoms with Gasteiger partial charge in [-0.05, 0) is 66.9 Å². The van der Waals surface area contributed by atoms with Gasteiger partial charge in [0.05, 0.1) is 29.8 Å². The van der Waals surface area contributed by atoms with Crippen LogP contribution in [0.1, 0.15) is 53.8 Å². The van der Waals surface area contributed by atoms with Crippen LogP contribution in [0.4, 0.5) is 10.1 Å². The third kappa shape index (κ3) is 4.65. The normalized spacial score (nSPS) is 21.7. The van der Waals surface area contributed by atoms with Gasteiger partial charge < -0.3 is 14.6 Å². The molecule has 1 heterocycles. The molecular formula is C27H27ClFN3O2. The zero-order valence-corrected chi connectivity index (χ0v) is 19.8. The fourth-order valence-electron chi connectivity index (χ4n) is 5.04. The molecule has 34 heavy (non-hydrogen) atoms. The van der Waals surface area contributed by atoms with E-state index in [9.17, 15) is 9.18 Å². The Morgan fingerprint density at radius 3 is 2.76 bits per heavy atom. The van der Waals surface area contributed by atoms with Crippen molar-refractivity contribution in [3.8, 4) is 0 Å². The summed E-state index contributed by atoms with van der Waals surface area (Å²) in [6.07, 6.45) is 9.27. The van der Waals surface area contributed by atoms with Gasteiger partial charge in [-0.25, -0.2) is 9.37 Å². The molecule has 1 fully saturated rings. The van der Waals surface area contributed by atoms with Gasteiger partial charge >= 0.3 is 0 Å². The van der Waals surface area contributed by atoms with E-state index in [1.807, 2.05) is 18.2 Å². The zero-order chi connectivity index (χ0) is 23.7. The molecule has 3 aromatic rings. The number of carbonyl (C=O) groups is 1. The lowest BCUT2D eigenvalue weighted by atomic mass is 9.60. The molecule has 176 valence electrons. The number of benzene rings is 2. The van der Waals surface area contributed by atoms with Gasteiger partial charge in [-0.1, -0.05) is 48.0 Å². The molecule has 1 N–H and O–H groups in total. The molecule has 2 aliphatic carbocycles. The highest BCUT2D eigenvalue weighted by Crippen LogP contribution is 2.53. The Morgan fingerprint density at radius 2 is 2.06 bits per heavy atom.